The number of hydrogen-bond acceptors (Lipinski definition) is 3. The molecule has 4 aromatic rings. The molecular weight excluding hydrogens is 431 g/mol. The summed E-state index contributed by atoms with van der Waals surface area (Å²) in [5.74, 6) is -1.08. The van der Waals surface area contributed by atoms with E-state index in [0.717, 1.165) is 16.8 Å². The van der Waals surface area contributed by atoms with Crippen molar-refractivity contribution in [3.05, 3.63) is 113 Å². The van der Waals surface area contributed by atoms with E-state index in [1.807, 2.05) is 56.3 Å². The van der Waals surface area contributed by atoms with Crippen molar-refractivity contribution in [2.45, 2.75) is 25.8 Å². The van der Waals surface area contributed by atoms with Crippen molar-refractivity contribution in [3.63, 3.8) is 0 Å². The van der Waals surface area contributed by atoms with Gasteiger partial charge in [-0.25, -0.2) is 9.07 Å². The maximum absolute atomic E-state index is 13.7. The molecular formula is C27H23FN4O2. The molecule has 0 radical (unpaired) electrons. The molecule has 0 bridgehead atoms. The molecule has 3 aromatic carbocycles. The van der Waals surface area contributed by atoms with Crippen LogP contribution in [0.4, 0.5) is 10.2 Å². The molecule has 0 fully saturated rings. The Hall–Kier alpha value is -4.26. The zero-order valence-corrected chi connectivity index (χ0v) is 18.7. The Labute approximate surface area is 196 Å². The van der Waals surface area contributed by atoms with Gasteiger partial charge in [-0.15, -0.1) is 0 Å². The number of hydrogen-bond donors (Lipinski definition) is 2. The minimum absolute atomic E-state index is 0.345. The summed E-state index contributed by atoms with van der Waals surface area (Å²) in [6.45, 7) is 3.71. The zero-order chi connectivity index (χ0) is 23.8. The monoisotopic (exact) mass is 454 g/mol. The minimum Gasteiger partial charge on any atom is -0.339 e. The van der Waals surface area contributed by atoms with Crippen LogP contribution in [-0.4, -0.2) is 27.6 Å². The lowest BCUT2D eigenvalue weighted by Gasteiger charge is -2.33. The molecule has 2 N–H and O–H groups in total. The molecule has 1 aliphatic heterocycles. The first-order valence-electron chi connectivity index (χ1n) is 11.0. The van der Waals surface area contributed by atoms with Gasteiger partial charge in [0, 0.05) is 17.0 Å². The maximum atomic E-state index is 13.7. The number of benzene rings is 3. The van der Waals surface area contributed by atoms with Crippen molar-refractivity contribution in [3.8, 4) is 5.69 Å². The Bertz CT molecular complexity index is 1380. The first-order valence-corrected chi connectivity index (χ1v) is 11.0. The largest absolute Gasteiger partial charge is 0.339 e. The fourth-order valence-corrected chi connectivity index (χ4v) is 4.53. The molecule has 6 nitrogen and oxygen atoms in total. The van der Waals surface area contributed by atoms with Crippen molar-refractivity contribution < 1.29 is 14.0 Å². The molecule has 170 valence electrons. The van der Waals surface area contributed by atoms with Gasteiger partial charge in [-0.3, -0.25) is 9.59 Å². The molecule has 0 aliphatic carbocycles. The topological polar surface area (TPSA) is 76.0 Å². The highest BCUT2D eigenvalue weighted by Gasteiger charge is 2.41. The number of carbonyl (C=O) groups excluding carboxylic acids is 2. The van der Waals surface area contributed by atoms with Crippen molar-refractivity contribution in [2.75, 3.05) is 5.32 Å². The summed E-state index contributed by atoms with van der Waals surface area (Å²) in [4.78, 5) is 26.6. The molecule has 1 aliphatic rings. The number of aryl methyl sites for hydroxylation is 2. The van der Waals surface area contributed by atoms with E-state index < -0.39 is 12.0 Å². The summed E-state index contributed by atoms with van der Waals surface area (Å²) in [6.07, 6.45) is 0. The average molecular weight is 455 g/mol. The van der Waals surface area contributed by atoms with Gasteiger partial charge >= 0.3 is 0 Å². The molecule has 0 spiro atoms. The lowest BCUT2D eigenvalue weighted by atomic mass is 9.81. The van der Waals surface area contributed by atoms with E-state index >= 15 is 0 Å². The van der Waals surface area contributed by atoms with E-state index in [0.29, 0.717) is 22.6 Å². The predicted molar refractivity (Wildman–Crippen MR) is 128 cm³/mol. The van der Waals surface area contributed by atoms with Gasteiger partial charge in [-0.05, 0) is 55.3 Å². The summed E-state index contributed by atoms with van der Waals surface area (Å²) >= 11 is 0. The first-order chi connectivity index (χ1) is 16.4. The number of halogens is 1. The normalized spacial score (nSPS) is 17.1. The molecule has 34 heavy (non-hydrogen) atoms. The molecule has 5 rings (SSSR count). The number of nitrogens with one attached hydrogen (secondary N) is 2. The summed E-state index contributed by atoms with van der Waals surface area (Å²) < 4.78 is 15.4. The van der Waals surface area contributed by atoms with Crippen LogP contribution < -0.4 is 10.6 Å². The molecule has 2 heterocycles. The second kappa shape index (κ2) is 8.59. The van der Waals surface area contributed by atoms with Crippen LogP contribution in [0.1, 0.15) is 38.7 Å². The quantitative estimate of drug-likeness (QED) is 0.476. The van der Waals surface area contributed by atoms with E-state index in [1.165, 1.54) is 12.1 Å². The lowest BCUT2D eigenvalue weighted by molar-refractivity contribution is -0.118. The van der Waals surface area contributed by atoms with Crippen LogP contribution in [0.2, 0.25) is 0 Å². The van der Waals surface area contributed by atoms with Gasteiger partial charge in [-0.2, -0.15) is 5.10 Å². The average Bonchev–Trinajstić information content (AvgIpc) is 3.16. The summed E-state index contributed by atoms with van der Waals surface area (Å²) in [6, 6.07) is 21.8. The van der Waals surface area contributed by atoms with E-state index in [2.05, 4.69) is 10.6 Å². The number of rotatable bonds is 4. The number of para-hydroxylation sites is 1. The number of anilines is 1. The second-order valence-electron chi connectivity index (χ2n) is 8.38. The lowest BCUT2D eigenvalue weighted by Crippen LogP contribution is -2.50. The van der Waals surface area contributed by atoms with Crippen LogP contribution in [0.5, 0.6) is 0 Å². The van der Waals surface area contributed by atoms with Gasteiger partial charge in [0.2, 0.25) is 5.91 Å². The van der Waals surface area contributed by atoms with Crippen LogP contribution >= 0.6 is 0 Å². The maximum Gasteiger partial charge on any atom is 0.252 e. The number of fused-ring (bicyclic) bond motifs is 1. The van der Waals surface area contributed by atoms with Crippen LogP contribution in [0.15, 0.2) is 78.9 Å². The van der Waals surface area contributed by atoms with Gasteiger partial charge in [0.1, 0.15) is 17.7 Å². The number of amides is 2. The SMILES string of the molecule is Cc1ccccc1C(=O)N[C@@H]1C(=O)Nc2c(c(C)nn2-c2ccccc2)[C@@H]1c1ccc(F)cc1. The number of nitrogens with zero attached hydrogens (tertiary/aromatic N) is 2. The van der Waals surface area contributed by atoms with E-state index in [9.17, 15) is 14.0 Å². The fourth-order valence-electron chi connectivity index (χ4n) is 4.53. The Morgan fingerprint density at radius 1 is 0.971 bits per heavy atom. The van der Waals surface area contributed by atoms with Crippen LogP contribution in [0.3, 0.4) is 0 Å². The summed E-state index contributed by atoms with van der Waals surface area (Å²) in [5, 5.41) is 10.6. The van der Waals surface area contributed by atoms with E-state index in [1.54, 1.807) is 28.9 Å². The Morgan fingerprint density at radius 3 is 2.35 bits per heavy atom. The Balaban J connectivity index is 1.63. The molecule has 0 unspecified atom stereocenters. The Morgan fingerprint density at radius 2 is 1.65 bits per heavy atom. The highest BCUT2D eigenvalue weighted by atomic mass is 19.1. The van der Waals surface area contributed by atoms with E-state index in [4.69, 9.17) is 5.10 Å². The molecule has 2 atom stereocenters. The van der Waals surface area contributed by atoms with Crippen molar-refractivity contribution in [1.29, 1.82) is 0 Å². The standard InChI is InChI=1S/C27H23FN4O2/c1-16-8-6-7-11-21(16)26(33)29-24-23(18-12-14-19(28)15-13-18)22-17(2)31-32(25(22)30-27(24)34)20-9-4-3-5-10-20/h3-15,23-24H,1-2H3,(H,29,33)(H,30,34)/t23-,24-/m0/s1. The zero-order valence-electron chi connectivity index (χ0n) is 18.7. The molecule has 2 amide bonds. The molecule has 7 heteroatoms. The van der Waals surface area contributed by atoms with Crippen LogP contribution in [0.25, 0.3) is 5.69 Å². The first kappa shape index (κ1) is 21.6. The van der Waals surface area contributed by atoms with Gasteiger partial charge in [0.05, 0.1) is 11.4 Å². The third-order valence-corrected chi connectivity index (χ3v) is 6.18. The minimum atomic E-state index is -0.905. The number of aromatic nitrogens is 2. The van der Waals surface area contributed by atoms with Gasteiger partial charge in [0.15, 0.2) is 0 Å². The van der Waals surface area contributed by atoms with Crippen molar-refractivity contribution in [2.24, 2.45) is 0 Å². The summed E-state index contributed by atoms with van der Waals surface area (Å²) in [5.41, 5.74) is 4.31. The highest BCUT2D eigenvalue weighted by Crippen LogP contribution is 2.40. The smallest absolute Gasteiger partial charge is 0.252 e. The van der Waals surface area contributed by atoms with Crippen LogP contribution in [0, 0.1) is 19.7 Å². The molecule has 0 saturated carbocycles. The van der Waals surface area contributed by atoms with Crippen LogP contribution in [-0.2, 0) is 4.79 Å². The van der Waals surface area contributed by atoms with Crippen molar-refractivity contribution >= 4 is 17.6 Å². The predicted octanol–water partition coefficient (Wildman–Crippen LogP) is 4.51. The Kier molecular flexibility index (Phi) is 5.45. The third kappa shape index (κ3) is 3.75. The highest BCUT2D eigenvalue weighted by molar-refractivity contribution is 6.04. The van der Waals surface area contributed by atoms with Gasteiger partial charge in [0.25, 0.3) is 5.91 Å². The molecule has 1 aromatic heterocycles. The van der Waals surface area contributed by atoms with E-state index in [-0.39, 0.29) is 17.6 Å². The fraction of sp³-hybridized carbons (Fsp3) is 0.148. The van der Waals surface area contributed by atoms with Gasteiger partial charge in [-0.1, -0.05) is 48.5 Å². The third-order valence-electron chi connectivity index (χ3n) is 6.18. The van der Waals surface area contributed by atoms with Gasteiger partial charge < -0.3 is 10.6 Å². The number of carbonyl (C=O) groups is 2. The molecule has 0 saturated heterocycles. The summed E-state index contributed by atoms with van der Waals surface area (Å²) in [7, 11) is 0. The van der Waals surface area contributed by atoms with Crippen molar-refractivity contribution in [1.82, 2.24) is 15.1 Å². The second-order valence-corrected chi connectivity index (χ2v) is 8.38.